The molecule has 0 aliphatic rings. The van der Waals surface area contributed by atoms with Crippen LogP contribution in [-0.2, 0) is 9.05 Å². The summed E-state index contributed by atoms with van der Waals surface area (Å²) in [4.78, 5) is 11.8. The Kier molecular flexibility index (Phi) is 6.97. The van der Waals surface area contributed by atoms with Crippen molar-refractivity contribution in [1.29, 1.82) is 0 Å². The van der Waals surface area contributed by atoms with Crippen molar-refractivity contribution in [2.24, 2.45) is 5.92 Å². The molecule has 0 unspecified atom stereocenters. The number of hydrogen-bond donors (Lipinski definition) is 1. The molecule has 0 bridgehead atoms. The second kappa shape index (κ2) is 7.81. The first-order valence-electron chi connectivity index (χ1n) is 6.35. The summed E-state index contributed by atoms with van der Waals surface area (Å²) < 4.78 is 23.1. The minimum atomic E-state index is -3.99. The van der Waals surface area contributed by atoms with Crippen molar-refractivity contribution >= 4 is 53.2 Å². The van der Waals surface area contributed by atoms with E-state index in [1.807, 2.05) is 0 Å². The van der Waals surface area contributed by atoms with Gasteiger partial charge in [-0.15, -0.1) is 0 Å². The minimum absolute atomic E-state index is 0.115. The van der Waals surface area contributed by atoms with Crippen LogP contribution in [-0.4, -0.2) is 20.9 Å². The van der Waals surface area contributed by atoms with E-state index in [2.05, 4.69) is 35.1 Å². The lowest BCUT2D eigenvalue weighted by Crippen LogP contribution is -2.25. The van der Waals surface area contributed by atoms with Gasteiger partial charge in [-0.1, -0.05) is 25.4 Å². The van der Waals surface area contributed by atoms with E-state index in [1.54, 1.807) is 0 Å². The molecule has 21 heavy (non-hydrogen) atoms. The zero-order valence-corrected chi connectivity index (χ0v) is 15.5. The average Bonchev–Trinajstić information content (AvgIpc) is 2.35. The zero-order chi connectivity index (χ0) is 16.2. The molecule has 8 heteroatoms. The number of halogens is 3. The number of rotatable bonds is 6. The molecule has 1 amide bonds. The summed E-state index contributed by atoms with van der Waals surface area (Å²) in [6.45, 7) is 4.73. The highest BCUT2D eigenvalue weighted by atomic mass is 79.9. The topological polar surface area (TPSA) is 63.2 Å². The number of benzene rings is 1. The Morgan fingerprint density at radius 3 is 2.52 bits per heavy atom. The van der Waals surface area contributed by atoms with Crippen LogP contribution >= 0.6 is 38.2 Å². The molecule has 118 valence electrons. The number of nitrogens with one attached hydrogen (secondary N) is 1. The van der Waals surface area contributed by atoms with Crippen LogP contribution in [0.1, 0.15) is 37.0 Å². The maximum Gasteiger partial charge on any atom is 0.262 e. The van der Waals surface area contributed by atoms with Crippen molar-refractivity contribution in [2.75, 3.05) is 6.54 Å². The summed E-state index contributed by atoms with van der Waals surface area (Å²) in [5.74, 6) is 0.187. The Morgan fingerprint density at radius 2 is 2.00 bits per heavy atom. The third kappa shape index (κ3) is 5.77. The fourth-order valence-corrected chi connectivity index (χ4v) is 4.07. The first-order chi connectivity index (χ1) is 9.62. The minimum Gasteiger partial charge on any atom is -0.352 e. The maximum atomic E-state index is 12.0. The van der Waals surface area contributed by atoms with E-state index < -0.39 is 9.05 Å². The molecule has 0 aromatic heterocycles. The van der Waals surface area contributed by atoms with Crippen LogP contribution in [0.4, 0.5) is 0 Å². The molecule has 1 aromatic rings. The van der Waals surface area contributed by atoms with Crippen molar-refractivity contribution in [3.63, 3.8) is 0 Å². The Balaban J connectivity index is 2.89. The quantitative estimate of drug-likeness (QED) is 0.558. The van der Waals surface area contributed by atoms with Crippen LogP contribution in [0.5, 0.6) is 0 Å². The highest BCUT2D eigenvalue weighted by Crippen LogP contribution is 2.33. The summed E-state index contributed by atoms with van der Waals surface area (Å²) in [6, 6.07) is 2.60. The van der Waals surface area contributed by atoms with Crippen molar-refractivity contribution < 1.29 is 13.2 Å². The van der Waals surface area contributed by atoms with Crippen LogP contribution in [0.25, 0.3) is 0 Å². The molecule has 0 fully saturated rings. The summed E-state index contributed by atoms with van der Waals surface area (Å²) in [6.07, 6.45) is 1.86. The predicted molar refractivity (Wildman–Crippen MR) is 88.6 cm³/mol. The van der Waals surface area contributed by atoms with Crippen LogP contribution in [0, 0.1) is 5.92 Å². The molecule has 0 atom stereocenters. The van der Waals surface area contributed by atoms with E-state index in [-0.39, 0.29) is 25.9 Å². The van der Waals surface area contributed by atoms with Gasteiger partial charge in [0, 0.05) is 22.8 Å². The number of carbonyl (C=O) groups excluding carboxylic acids is 1. The highest BCUT2D eigenvalue weighted by Gasteiger charge is 2.20. The van der Waals surface area contributed by atoms with Crippen molar-refractivity contribution in [1.82, 2.24) is 5.32 Å². The van der Waals surface area contributed by atoms with Gasteiger partial charge in [-0.3, -0.25) is 4.79 Å². The molecular formula is C13H16BrCl2NO3S. The summed E-state index contributed by atoms with van der Waals surface area (Å²) in [5.41, 5.74) is 0.159. The molecule has 0 spiro atoms. The normalized spacial score (nSPS) is 11.7. The Hall–Kier alpha value is -0.300. The molecular weight excluding hydrogens is 401 g/mol. The lowest BCUT2D eigenvalue weighted by atomic mass is 10.1. The van der Waals surface area contributed by atoms with E-state index in [0.29, 0.717) is 12.5 Å². The molecule has 0 saturated carbocycles. The predicted octanol–water partition coefficient (Wildman–Crippen LogP) is 4.20. The Bertz CT molecular complexity index is 633. The monoisotopic (exact) mass is 415 g/mol. The smallest absolute Gasteiger partial charge is 0.262 e. The number of amides is 1. The average molecular weight is 417 g/mol. The second-order valence-corrected chi connectivity index (χ2v) is 8.73. The first-order valence-corrected chi connectivity index (χ1v) is 9.83. The van der Waals surface area contributed by atoms with E-state index in [1.165, 1.54) is 12.1 Å². The van der Waals surface area contributed by atoms with Gasteiger partial charge in [0.25, 0.3) is 15.0 Å². The fraction of sp³-hybridized carbons (Fsp3) is 0.462. The number of hydrogen-bond acceptors (Lipinski definition) is 3. The Morgan fingerprint density at radius 1 is 1.38 bits per heavy atom. The van der Waals surface area contributed by atoms with Crippen LogP contribution in [0.2, 0.25) is 5.02 Å². The van der Waals surface area contributed by atoms with Gasteiger partial charge in [-0.2, -0.15) is 0 Å². The molecule has 0 heterocycles. The van der Waals surface area contributed by atoms with E-state index in [4.69, 9.17) is 22.3 Å². The van der Waals surface area contributed by atoms with Gasteiger partial charge in [0.1, 0.15) is 0 Å². The molecule has 1 aromatic carbocycles. The standard InChI is InChI=1S/C13H16BrCl2NO3S/c1-8(2)4-3-5-17-13(18)9-6-10(15)12(14)11(7-9)21(16,19)20/h6-8H,3-5H2,1-2H3,(H,17,18). The largest absolute Gasteiger partial charge is 0.352 e. The van der Waals surface area contributed by atoms with Crippen LogP contribution < -0.4 is 5.32 Å². The number of carbonyl (C=O) groups is 1. The summed E-state index contributed by atoms with van der Waals surface area (Å²) in [7, 11) is 1.34. The van der Waals surface area contributed by atoms with Gasteiger partial charge in [0.15, 0.2) is 0 Å². The zero-order valence-electron chi connectivity index (χ0n) is 11.6. The molecule has 0 radical (unpaired) electrons. The molecule has 4 nitrogen and oxygen atoms in total. The fourth-order valence-electron chi connectivity index (χ4n) is 1.69. The first kappa shape index (κ1) is 18.7. The van der Waals surface area contributed by atoms with Crippen LogP contribution in [0.3, 0.4) is 0 Å². The summed E-state index contributed by atoms with van der Waals surface area (Å²) >= 11 is 8.97. The second-order valence-electron chi connectivity index (χ2n) is 5.00. The van der Waals surface area contributed by atoms with Gasteiger partial charge in [-0.25, -0.2) is 8.42 Å². The summed E-state index contributed by atoms with van der Waals surface area (Å²) in [5, 5.41) is 2.84. The lowest BCUT2D eigenvalue weighted by molar-refractivity contribution is 0.0952. The molecule has 1 rings (SSSR count). The molecule has 0 saturated heterocycles. The molecule has 0 aliphatic heterocycles. The van der Waals surface area contributed by atoms with E-state index in [9.17, 15) is 13.2 Å². The molecule has 0 aliphatic carbocycles. The van der Waals surface area contributed by atoms with Gasteiger partial charge in [0.05, 0.1) is 14.4 Å². The van der Waals surface area contributed by atoms with Crippen molar-refractivity contribution in [3.8, 4) is 0 Å². The van der Waals surface area contributed by atoms with Crippen LogP contribution in [0.15, 0.2) is 21.5 Å². The van der Waals surface area contributed by atoms with Gasteiger partial charge in [0.2, 0.25) is 0 Å². The van der Waals surface area contributed by atoms with Crippen molar-refractivity contribution in [3.05, 3.63) is 27.2 Å². The SMILES string of the molecule is CC(C)CCCNC(=O)c1cc(Cl)c(Br)c(S(=O)(=O)Cl)c1. The van der Waals surface area contributed by atoms with Gasteiger partial charge < -0.3 is 5.32 Å². The van der Waals surface area contributed by atoms with Gasteiger partial charge >= 0.3 is 0 Å². The van der Waals surface area contributed by atoms with E-state index in [0.717, 1.165) is 12.8 Å². The maximum absolute atomic E-state index is 12.0. The lowest BCUT2D eigenvalue weighted by Gasteiger charge is -2.09. The molecule has 1 N–H and O–H groups in total. The van der Waals surface area contributed by atoms with E-state index >= 15 is 0 Å². The van der Waals surface area contributed by atoms with Crippen molar-refractivity contribution in [2.45, 2.75) is 31.6 Å². The third-order valence-electron chi connectivity index (χ3n) is 2.76. The third-order valence-corrected chi connectivity index (χ3v) is 5.75. The highest BCUT2D eigenvalue weighted by molar-refractivity contribution is 9.10. The Labute approximate surface area is 142 Å². The van der Waals surface area contributed by atoms with Gasteiger partial charge in [-0.05, 0) is 46.8 Å².